The fraction of sp³-hybridized carbons (Fsp3) is 0.353. The number of rotatable bonds is 4. The van der Waals surface area contributed by atoms with Crippen molar-refractivity contribution in [2.75, 3.05) is 0 Å². The Morgan fingerprint density at radius 1 is 1.30 bits per heavy atom. The van der Waals surface area contributed by atoms with E-state index in [-0.39, 0.29) is 23.1 Å². The number of hydrogen-bond donors (Lipinski definition) is 1. The Morgan fingerprint density at radius 2 is 2.04 bits per heavy atom. The summed E-state index contributed by atoms with van der Waals surface area (Å²) in [5, 5.41) is 3.15. The maximum atomic E-state index is 12.1. The Hall–Kier alpha value is -2.63. The van der Waals surface area contributed by atoms with Crippen LogP contribution in [-0.4, -0.2) is 24.0 Å². The van der Waals surface area contributed by atoms with Gasteiger partial charge in [0.25, 0.3) is 5.91 Å². The lowest BCUT2D eigenvalue weighted by Gasteiger charge is -2.12. The van der Waals surface area contributed by atoms with E-state index in [1.54, 1.807) is 18.2 Å². The van der Waals surface area contributed by atoms with E-state index in [9.17, 15) is 14.4 Å². The number of amides is 1. The minimum atomic E-state index is -0.942. The van der Waals surface area contributed by atoms with Crippen LogP contribution < -0.4 is 10.7 Å². The number of aryl methyl sites for hydroxylation is 1. The monoisotopic (exact) mass is 315 g/mol. The second-order valence-corrected chi connectivity index (χ2v) is 5.80. The molecule has 0 spiro atoms. The van der Waals surface area contributed by atoms with Gasteiger partial charge in [-0.25, -0.2) is 4.79 Å². The third kappa shape index (κ3) is 3.41. The number of carbonyl (C=O) groups is 2. The Bertz CT molecular complexity index is 834. The Balaban J connectivity index is 1.79. The second-order valence-electron chi connectivity index (χ2n) is 5.80. The molecule has 1 aromatic carbocycles. The molecule has 23 heavy (non-hydrogen) atoms. The molecule has 3 rings (SSSR count). The highest BCUT2D eigenvalue weighted by molar-refractivity contribution is 5.91. The van der Waals surface area contributed by atoms with Crippen molar-refractivity contribution in [1.82, 2.24) is 5.32 Å². The maximum Gasteiger partial charge on any atom is 0.375 e. The molecule has 1 amide bonds. The topological polar surface area (TPSA) is 85.6 Å². The zero-order valence-corrected chi connectivity index (χ0v) is 12.9. The third-order valence-corrected chi connectivity index (χ3v) is 3.66. The molecule has 1 aliphatic rings. The fourth-order valence-corrected chi connectivity index (χ4v) is 2.19. The molecule has 1 saturated carbocycles. The van der Waals surface area contributed by atoms with Crippen LogP contribution in [0, 0.1) is 6.92 Å². The van der Waals surface area contributed by atoms with E-state index in [2.05, 4.69) is 5.32 Å². The SMILES string of the molecule is Cc1ccc2oc(C(=O)O[C@@H](C)C(=O)NC3CC3)cc(=O)c2c1. The molecule has 0 unspecified atom stereocenters. The molecule has 120 valence electrons. The summed E-state index contributed by atoms with van der Waals surface area (Å²) in [4.78, 5) is 36.0. The maximum absolute atomic E-state index is 12.1. The fourth-order valence-electron chi connectivity index (χ4n) is 2.19. The molecule has 0 saturated heterocycles. The largest absolute Gasteiger partial charge is 0.449 e. The van der Waals surface area contributed by atoms with Crippen LogP contribution in [0.15, 0.2) is 33.5 Å². The number of fused-ring (bicyclic) bond motifs is 1. The van der Waals surface area contributed by atoms with E-state index < -0.39 is 12.1 Å². The van der Waals surface area contributed by atoms with Gasteiger partial charge in [-0.3, -0.25) is 9.59 Å². The summed E-state index contributed by atoms with van der Waals surface area (Å²) in [6.45, 7) is 3.35. The summed E-state index contributed by atoms with van der Waals surface area (Å²) >= 11 is 0. The van der Waals surface area contributed by atoms with Crippen LogP contribution in [0.3, 0.4) is 0 Å². The quantitative estimate of drug-likeness (QED) is 0.871. The van der Waals surface area contributed by atoms with Gasteiger partial charge >= 0.3 is 5.97 Å². The number of carbonyl (C=O) groups excluding carboxylic acids is 2. The summed E-state index contributed by atoms with van der Waals surface area (Å²) < 4.78 is 10.5. The molecule has 1 aliphatic carbocycles. The van der Waals surface area contributed by atoms with Gasteiger partial charge in [-0.1, -0.05) is 11.6 Å². The lowest BCUT2D eigenvalue weighted by atomic mass is 10.1. The van der Waals surface area contributed by atoms with E-state index in [0.29, 0.717) is 11.0 Å². The zero-order valence-electron chi connectivity index (χ0n) is 12.9. The molecular weight excluding hydrogens is 298 g/mol. The van der Waals surface area contributed by atoms with Crippen LogP contribution in [0.2, 0.25) is 0 Å². The number of esters is 1. The standard InChI is InChI=1S/C17H17NO5/c1-9-3-6-14-12(7-9)13(19)8-15(23-14)17(21)22-10(2)16(20)18-11-4-5-11/h3,6-8,10-11H,4-5H2,1-2H3,(H,18,20)/t10-/m0/s1. The average molecular weight is 315 g/mol. The van der Waals surface area contributed by atoms with Crippen molar-refractivity contribution in [3.63, 3.8) is 0 Å². The second kappa shape index (κ2) is 5.87. The van der Waals surface area contributed by atoms with Crippen LogP contribution >= 0.6 is 0 Å². The van der Waals surface area contributed by atoms with Gasteiger partial charge in [0.1, 0.15) is 5.58 Å². The van der Waals surface area contributed by atoms with Crippen LogP contribution in [-0.2, 0) is 9.53 Å². The van der Waals surface area contributed by atoms with Crippen molar-refractivity contribution in [2.45, 2.75) is 38.8 Å². The van der Waals surface area contributed by atoms with Gasteiger partial charge in [0.15, 0.2) is 11.5 Å². The van der Waals surface area contributed by atoms with Crippen LogP contribution in [0.25, 0.3) is 11.0 Å². The van der Waals surface area contributed by atoms with E-state index >= 15 is 0 Å². The average Bonchev–Trinajstić information content (AvgIpc) is 3.31. The Labute approximate surface area is 132 Å². The van der Waals surface area contributed by atoms with E-state index in [4.69, 9.17) is 9.15 Å². The molecule has 1 fully saturated rings. The Kier molecular flexibility index (Phi) is 3.90. The first-order chi connectivity index (χ1) is 10.9. The van der Waals surface area contributed by atoms with Crippen molar-refractivity contribution >= 4 is 22.8 Å². The summed E-state index contributed by atoms with van der Waals surface area (Å²) in [5.41, 5.74) is 0.910. The summed E-state index contributed by atoms with van der Waals surface area (Å²) in [6.07, 6.45) is 0.957. The van der Waals surface area contributed by atoms with Crippen molar-refractivity contribution in [2.24, 2.45) is 0 Å². The van der Waals surface area contributed by atoms with Gasteiger partial charge < -0.3 is 14.5 Å². The van der Waals surface area contributed by atoms with Crippen LogP contribution in [0.1, 0.15) is 35.9 Å². The van der Waals surface area contributed by atoms with E-state index in [0.717, 1.165) is 24.5 Å². The van der Waals surface area contributed by atoms with Gasteiger partial charge in [-0.15, -0.1) is 0 Å². The van der Waals surface area contributed by atoms with Crippen molar-refractivity contribution in [3.05, 3.63) is 45.8 Å². The van der Waals surface area contributed by atoms with Gasteiger partial charge in [0.05, 0.1) is 5.39 Å². The Morgan fingerprint density at radius 3 is 2.74 bits per heavy atom. The highest BCUT2D eigenvalue weighted by atomic mass is 16.6. The number of ether oxygens (including phenoxy) is 1. The predicted molar refractivity (Wildman–Crippen MR) is 83.3 cm³/mol. The summed E-state index contributed by atoms with van der Waals surface area (Å²) in [5.74, 6) is -1.39. The zero-order chi connectivity index (χ0) is 16.6. The molecule has 2 aromatic rings. The normalized spacial score (nSPS) is 15.2. The smallest absolute Gasteiger partial charge is 0.375 e. The lowest BCUT2D eigenvalue weighted by molar-refractivity contribution is -0.129. The predicted octanol–water partition coefficient (Wildman–Crippen LogP) is 1.93. The molecule has 0 bridgehead atoms. The molecule has 1 N–H and O–H groups in total. The minimum Gasteiger partial charge on any atom is -0.449 e. The summed E-state index contributed by atoms with van der Waals surface area (Å²) in [6, 6.07) is 6.39. The van der Waals surface area contributed by atoms with Gasteiger partial charge in [-0.05, 0) is 38.8 Å². The van der Waals surface area contributed by atoms with Crippen molar-refractivity contribution < 1.29 is 18.7 Å². The molecule has 6 nitrogen and oxygen atoms in total. The van der Waals surface area contributed by atoms with E-state index in [1.165, 1.54) is 6.92 Å². The first-order valence-corrected chi connectivity index (χ1v) is 7.50. The highest BCUT2D eigenvalue weighted by Crippen LogP contribution is 2.19. The van der Waals surface area contributed by atoms with Crippen molar-refractivity contribution in [3.8, 4) is 0 Å². The summed E-state index contributed by atoms with van der Waals surface area (Å²) in [7, 11) is 0. The minimum absolute atomic E-state index is 0.186. The van der Waals surface area contributed by atoms with Gasteiger partial charge in [0.2, 0.25) is 5.76 Å². The number of benzene rings is 1. The third-order valence-electron chi connectivity index (χ3n) is 3.66. The first kappa shape index (κ1) is 15.3. The van der Waals surface area contributed by atoms with Crippen molar-refractivity contribution in [1.29, 1.82) is 0 Å². The molecule has 0 aliphatic heterocycles. The van der Waals surface area contributed by atoms with Crippen LogP contribution in [0.5, 0.6) is 0 Å². The molecule has 0 radical (unpaired) electrons. The molecule has 1 atom stereocenters. The first-order valence-electron chi connectivity index (χ1n) is 7.50. The van der Waals surface area contributed by atoms with E-state index in [1.807, 2.05) is 6.92 Å². The molecule has 1 aromatic heterocycles. The number of hydrogen-bond acceptors (Lipinski definition) is 5. The molecular formula is C17H17NO5. The van der Waals surface area contributed by atoms with Gasteiger partial charge in [0, 0.05) is 12.1 Å². The number of nitrogens with one attached hydrogen (secondary N) is 1. The highest BCUT2D eigenvalue weighted by Gasteiger charge is 2.28. The van der Waals surface area contributed by atoms with Gasteiger partial charge in [-0.2, -0.15) is 0 Å². The molecule has 1 heterocycles. The van der Waals surface area contributed by atoms with Crippen LogP contribution in [0.4, 0.5) is 0 Å². The lowest BCUT2D eigenvalue weighted by Crippen LogP contribution is -2.37. The molecule has 6 heteroatoms.